The first-order chi connectivity index (χ1) is 13.4. The van der Waals surface area contributed by atoms with Crippen LogP contribution in [0.3, 0.4) is 0 Å². The maximum atomic E-state index is 13.9. The summed E-state index contributed by atoms with van der Waals surface area (Å²) in [7, 11) is -2.36. The van der Waals surface area contributed by atoms with Crippen molar-refractivity contribution >= 4 is 21.7 Å². The third-order valence-electron chi connectivity index (χ3n) is 3.87. The lowest BCUT2D eigenvalue weighted by atomic mass is 10.1. The van der Waals surface area contributed by atoms with Crippen molar-refractivity contribution in [2.24, 2.45) is 0 Å². The Labute approximate surface area is 170 Å². The fourth-order valence-electron chi connectivity index (χ4n) is 2.60. The van der Waals surface area contributed by atoms with E-state index in [0.29, 0.717) is 11.3 Å². The zero-order chi connectivity index (χ0) is 21.8. The molecule has 2 aromatic carbocycles. The van der Waals surface area contributed by atoms with Crippen molar-refractivity contribution in [1.29, 1.82) is 0 Å². The molecule has 7 nitrogen and oxygen atoms in total. The van der Waals surface area contributed by atoms with Crippen molar-refractivity contribution in [1.82, 2.24) is 10.0 Å². The number of amides is 2. The minimum Gasteiger partial charge on any atom is -0.494 e. The summed E-state index contributed by atoms with van der Waals surface area (Å²) in [5, 5.41) is 5.28. The van der Waals surface area contributed by atoms with Gasteiger partial charge in [-0.3, -0.25) is 0 Å². The molecule has 1 atom stereocenters. The molecule has 0 heterocycles. The number of sulfonamides is 1. The van der Waals surface area contributed by atoms with Gasteiger partial charge in [-0.05, 0) is 63.6 Å². The number of benzene rings is 2. The van der Waals surface area contributed by atoms with Gasteiger partial charge in [-0.15, -0.1) is 0 Å². The molecule has 158 valence electrons. The van der Waals surface area contributed by atoms with Crippen molar-refractivity contribution in [2.45, 2.75) is 44.2 Å². The van der Waals surface area contributed by atoms with Crippen LogP contribution in [0.1, 0.15) is 39.3 Å². The molecule has 2 aromatic rings. The first-order valence-corrected chi connectivity index (χ1v) is 10.4. The van der Waals surface area contributed by atoms with Crippen molar-refractivity contribution < 1.29 is 22.3 Å². The topological polar surface area (TPSA) is 96.5 Å². The number of hydrogen-bond acceptors (Lipinski definition) is 4. The van der Waals surface area contributed by atoms with Crippen LogP contribution in [0.2, 0.25) is 0 Å². The molecule has 0 saturated carbocycles. The third kappa shape index (κ3) is 6.43. The average molecular weight is 424 g/mol. The summed E-state index contributed by atoms with van der Waals surface area (Å²) in [5.74, 6) is -0.407. The van der Waals surface area contributed by atoms with Crippen LogP contribution >= 0.6 is 0 Å². The van der Waals surface area contributed by atoms with Gasteiger partial charge in [0.1, 0.15) is 0 Å². The van der Waals surface area contributed by atoms with Gasteiger partial charge in [0, 0.05) is 11.2 Å². The van der Waals surface area contributed by atoms with Gasteiger partial charge >= 0.3 is 6.03 Å². The molecule has 0 bridgehead atoms. The van der Waals surface area contributed by atoms with Crippen LogP contribution in [0.25, 0.3) is 0 Å². The fourth-order valence-corrected chi connectivity index (χ4v) is 4.07. The van der Waals surface area contributed by atoms with Crippen molar-refractivity contribution in [3.8, 4) is 5.75 Å². The number of rotatable bonds is 6. The smallest absolute Gasteiger partial charge is 0.319 e. The maximum Gasteiger partial charge on any atom is 0.319 e. The van der Waals surface area contributed by atoms with E-state index >= 15 is 0 Å². The Morgan fingerprint density at radius 2 is 1.83 bits per heavy atom. The Morgan fingerprint density at radius 3 is 2.41 bits per heavy atom. The first-order valence-electron chi connectivity index (χ1n) is 8.96. The van der Waals surface area contributed by atoms with Crippen molar-refractivity contribution in [2.75, 3.05) is 12.4 Å². The molecule has 0 aromatic heterocycles. The normalized spacial score (nSPS) is 12.9. The summed E-state index contributed by atoms with van der Waals surface area (Å²) < 4.78 is 46.2. The second kappa shape index (κ2) is 8.79. The first kappa shape index (κ1) is 22.6. The highest BCUT2D eigenvalue weighted by Gasteiger charge is 2.22. The lowest BCUT2D eigenvalue weighted by Crippen LogP contribution is -2.40. The summed E-state index contributed by atoms with van der Waals surface area (Å²) in [5.41, 5.74) is 0.236. The van der Waals surface area contributed by atoms with Gasteiger partial charge in [0.2, 0.25) is 10.0 Å². The minimum atomic E-state index is -3.73. The predicted molar refractivity (Wildman–Crippen MR) is 110 cm³/mol. The van der Waals surface area contributed by atoms with Gasteiger partial charge in [0.05, 0.1) is 18.0 Å². The molecule has 9 heteroatoms. The van der Waals surface area contributed by atoms with Gasteiger partial charge in [-0.25, -0.2) is 22.3 Å². The van der Waals surface area contributed by atoms with E-state index in [0.717, 1.165) is 0 Å². The second-order valence-electron chi connectivity index (χ2n) is 7.60. The number of hydrogen-bond donors (Lipinski definition) is 3. The molecule has 0 saturated heterocycles. The highest BCUT2D eigenvalue weighted by Crippen LogP contribution is 2.22. The maximum absolute atomic E-state index is 13.9. The summed E-state index contributed by atoms with van der Waals surface area (Å²) in [6.07, 6.45) is 0. The van der Waals surface area contributed by atoms with Crippen LogP contribution in [-0.4, -0.2) is 27.1 Å². The molecular weight excluding hydrogens is 397 g/mol. The Morgan fingerprint density at radius 1 is 1.14 bits per heavy atom. The largest absolute Gasteiger partial charge is 0.494 e. The number of carbonyl (C=O) groups is 1. The van der Waals surface area contributed by atoms with E-state index in [1.165, 1.54) is 37.4 Å². The molecule has 0 spiro atoms. The van der Waals surface area contributed by atoms with E-state index in [2.05, 4.69) is 15.4 Å². The Bertz CT molecular complexity index is 987. The molecule has 0 radical (unpaired) electrons. The highest BCUT2D eigenvalue weighted by atomic mass is 32.2. The average Bonchev–Trinajstić information content (AvgIpc) is 2.59. The van der Waals surface area contributed by atoms with Gasteiger partial charge in [-0.2, -0.15) is 0 Å². The van der Waals surface area contributed by atoms with E-state index in [1.807, 2.05) is 0 Å². The number of ether oxygens (including phenoxy) is 1. The van der Waals surface area contributed by atoms with Crippen LogP contribution in [0.4, 0.5) is 14.9 Å². The summed E-state index contributed by atoms with van der Waals surface area (Å²) in [4.78, 5) is 12.3. The summed E-state index contributed by atoms with van der Waals surface area (Å²) in [6.45, 7) is 6.92. The van der Waals surface area contributed by atoms with Crippen LogP contribution in [-0.2, 0) is 10.0 Å². The number of anilines is 1. The lowest BCUT2D eigenvalue weighted by Gasteiger charge is -2.20. The van der Waals surface area contributed by atoms with Crippen LogP contribution < -0.4 is 20.1 Å². The number of urea groups is 1. The number of nitrogens with one attached hydrogen (secondary N) is 3. The van der Waals surface area contributed by atoms with Gasteiger partial charge in [-0.1, -0.05) is 12.1 Å². The van der Waals surface area contributed by atoms with Gasteiger partial charge < -0.3 is 15.4 Å². The standard InChI is InChI=1S/C20H26FN3O4S/c1-13(14-9-10-18(28-5)17(21)11-14)22-19(25)23-15-7-6-8-16(12-15)29(26,27)24-20(2,3)4/h6-13,24H,1-5H3,(H2,22,23,25)/t13-/m0/s1. The van der Waals surface area contributed by atoms with E-state index in [1.54, 1.807) is 39.8 Å². The Kier molecular flexibility index (Phi) is 6.86. The minimum absolute atomic E-state index is 0.0375. The van der Waals surface area contributed by atoms with Crippen LogP contribution in [0.15, 0.2) is 47.4 Å². The molecule has 0 aliphatic heterocycles. The van der Waals surface area contributed by atoms with Gasteiger partial charge in [0.15, 0.2) is 11.6 Å². The molecule has 2 rings (SSSR count). The lowest BCUT2D eigenvalue weighted by molar-refractivity contribution is 0.249. The zero-order valence-electron chi connectivity index (χ0n) is 17.0. The molecule has 0 unspecified atom stereocenters. The molecule has 0 aliphatic rings. The molecule has 29 heavy (non-hydrogen) atoms. The van der Waals surface area contributed by atoms with Gasteiger partial charge in [0.25, 0.3) is 0 Å². The molecule has 0 aliphatic carbocycles. The summed E-state index contributed by atoms with van der Waals surface area (Å²) in [6, 6.07) is 9.32. The molecular formula is C20H26FN3O4S. The van der Waals surface area contributed by atoms with E-state index in [4.69, 9.17) is 4.74 Å². The van der Waals surface area contributed by atoms with Crippen molar-refractivity contribution in [3.05, 3.63) is 53.8 Å². The Hall–Kier alpha value is -2.65. The zero-order valence-corrected chi connectivity index (χ0v) is 17.9. The van der Waals surface area contributed by atoms with Crippen LogP contribution in [0, 0.1) is 5.82 Å². The Balaban J connectivity index is 2.08. The molecule has 2 amide bonds. The number of methoxy groups -OCH3 is 1. The third-order valence-corrected chi connectivity index (χ3v) is 5.62. The fraction of sp³-hybridized carbons (Fsp3) is 0.350. The SMILES string of the molecule is COc1ccc([C@H](C)NC(=O)Nc2cccc(S(=O)(=O)NC(C)(C)C)c2)cc1F. The number of carbonyl (C=O) groups excluding carboxylic acids is 1. The molecule has 0 fully saturated rings. The molecule has 3 N–H and O–H groups in total. The quantitative estimate of drug-likeness (QED) is 0.659. The van der Waals surface area contributed by atoms with Crippen LogP contribution in [0.5, 0.6) is 5.75 Å². The monoisotopic (exact) mass is 423 g/mol. The van der Waals surface area contributed by atoms with E-state index in [-0.39, 0.29) is 10.6 Å². The second-order valence-corrected chi connectivity index (χ2v) is 9.28. The summed E-state index contributed by atoms with van der Waals surface area (Å²) >= 11 is 0. The van der Waals surface area contributed by atoms with E-state index in [9.17, 15) is 17.6 Å². The number of halogens is 1. The van der Waals surface area contributed by atoms with Crippen molar-refractivity contribution in [3.63, 3.8) is 0 Å². The van der Waals surface area contributed by atoms with E-state index < -0.39 is 33.5 Å². The predicted octanol–water partition coefficient (Wildman–Crippen LogP) is 3.79. The highest BCUT2D eigenvalue weighted by molar-refractivity contribution is 7.89.